The topological polar surface area (TPSA) is 26.3 Å². The van der Waals surface area contributed by atoms with Crippen LogP contribution < -0.4 is 0 Å². The Morgan fingerprint density at radius 2 is 1.93 bits per heavy atom. The number of hydrogen-bond acceptors (Lipinski definition) is 2. The summed E-state index contributed by atoms with van der Waals surface area (Å²) in [7, 11) is 0. The van der Waals surface area contributed by atoms with Crippen molar-refractivity contribution in [1.82, 2.24) is 0 Å². The van der Waals surface area contributed by atoms with Crippen LogP contribution in [0.25, 0.3) is 0 Å². The van der Waals surface area contributed by atoms with Crippen LogP contribution in [0.1, 0.15) is 46.5 Å². The number of ether oxygens (including phenoxy) is 1. The zero-order valence-corrected chi connectivity index (χ0v) is 9.64. The Bertz CT molecular complexity index is 190. The van der Waals surface area contributed by atoms with E-state index in [9.17, 15) is 4.79 Å². The first-order valence-corrected chi connectivity index (χ1v) is 5.61. The van der Waals surface area contributed by atoms with Crippen LogP contribution >= 0.6 is 0 Å². The molecule has 1 fully saturated rings. The summed E-state index contributed by atoms with van der Waals surface area (Å²) in [5, 5.41) is 0. The highest BCUT2D eigenvalue weighted by Crippen LogP contribution is 2.29. The number of rotatable bonds is 4. The van der Waals surface area contributed by atoms with Crippen molar-refractivity contribution in [3.63, 3.8) is 0 Å². The predicted octanol–water partition coefficient (Wildman–Crippen LogP) is 2.81. The van der Waals surface area contributed by atoms with E-state index >= 15 is 0 Å². The van der Waals surface area contributed by atoms with E-state index in [0.717, 1.165) is 25.6 Å². The van der Waals surface area contributed by atoms with Gasteiger partial charge in [0.2, 0.25) is 0 Å². The van der Waals surface area contributed by atoms with Crippen molar-refractivity contribution in [3.8, 4) is 0 Å². The quantitative estimate of drug-likeness (QED) is 0.694. The lowest BCUT2D eigenvalue weighted by Gasteiger charge is -2.26. The molecule has 1 heterocycles. The summed E-state index contributed by atoms with van der Waals surface area (Å²) in [4.78, 5) is 11.3. The van der Waals surface area contributed by atoms with Gasteiger partial charge in [-0.25, -0.2) is 0 Å². The molecule has 0 atom stereocenters. The number of hydrogen-bond donors (Lipinski definition) is 0. The van der Waals surface area contributed by atoms with Crippen LogP contribution in [0.15, 0.2) is 0 Å². The second-order valence-corrected chi connectivity index (χ2v) is 5.03. The van der Waals surface area contributed by atoms with Gasteiger partial charge in [0.25, 0.3) is 0 Å². The fourth-order valence-corrected chi connectivity index (χ4v) is 1.78. The summed E-state index contributed by atoms with van der Waals surface area (Å²) < 4.78 is 5.31. The fraction of sp³-hybridized carbons (Fsp3) is 0.917. The molecule has 1 rings (SSSR count). The van der Waals surface area contributed by atoms with E-state index in [0.29, 0.717) is 5.78 Å². The van der Waals surface area contributed by atoms with E-state index in [1.165, 1.54) is 19.3 Å². The van der Waals surface area contributed by atoms with E-state index < -0.39 is 0 Å². The Morgan fingerprint density at radius 3 is 2.43 bits per heavy atom. The molecule has 1 aliphatic rings. The molecule has 14 heavy (non-hydrogen) atoms. The zero-order chi connectivity index (χ0) is 10.6. The molecule has 0 saturated carbocycles. The monoisotopic (exact) mass is 198 g/mol. The molecule has 0 amide bonds. The van der Waals surface area contributed by atoms with Gasteiger partial charge in [-0.15, -0.1) is 0 Å². The molecule has 1 aliphatic heterocycles. The van der Waals surface area contributed by atoms with Gasteiger partial charge in [-0.3, -0.25) is 4.79 Å². The normalized spacial score (nSPS) is 19.6. The largest absolute Gasteiger partial charge is 0.381 e. The molecule has 0 aromatic carbocycles. The third-order valence-electron chi connectivity index (χ3n) is 3.47. The van der Waals surface area contributed by atoms with Crippen LogP contribution in [0.2, 0.25) is 0 Å². The highest BCUT2D eigenvalue weighted by Gasteiger charge is 2.25. The van der Waals surface area contributed by atoms with Crippen LogP contribution in [0.4, 0.5) is 0 Å². The molecule has 2 heteroatoms. The van der Waals surface area contributed by atoms with E-state index in [2.05, 4.69) is 13.8 Å². The Balaban J connectivity index is 2.28. The van der Waals surface area contributed by atoms with E-state index in [1.807, 2.05) is 0 Å². The van der Waals surface area contributed by atoms with Crippen LogP contribution in [0.3, 0.4) is 0 Å². The smallest absolute Gasteiger partial charge is 0.135 e. The Labute approximate surface area is 87.0 Å². The van der Waals surface area contributed by atoms with Crippen LogP contribution in [0.5, 0.6) is 0 Å². The Hall–Kier alpha value is -0.370. The minimum atomic E-state index is -0.127. The van der Waals surface area contributed by atoms with Crippen LogP contribution in [0, 0.1) is 11.3 Å². The van der Waals surface area contributed by atoms with Gasteiger partial charge in [0.1, 0.15) is 5.78 Å². The molecule has 0 spiro atoms. The lowest BCUT2D eigenvalue weighted by molar-refractivity contribution is -0.125. The summed E-state index contributed by atoms with van der Waals surface area (Å²) >= 11 is 0. The number of carbonyl (C=O) groups excluding carboxylic acids is 1. The lowest BCUT2D eigenvalue weighted by atomic mass is 9.80. The number of carbonyl (C=O) groups is 1. The van der Waals surface area contributed by atoms with Crippen molar-refractivity contribution in [2.24, 2.45) is 11.3 Å². The number of ketones is 1. The first kappa shape index (κ1) is 11.7. The van der Waals surface area contributed by atoms with Crippen LogP contribution in [-0.2, 0) is 9.53 Å². The summed E-state index contributed by atoms with van der Waals surface area (Å²) in [5.41, 5.74) is -0.127. The van der Waals surface area contributed by atoms with Gasteiger partial charge >= 0.3 is 0 Å². The Kier molecular flexibility index (Phi) is 4.11. The van der Waals surface area contributed by atoms with Gasteiger partial charge in [-0.2, -0.15) is 0 Å². The maximum atomic E-state index is 11.3. The molecule has 1 saturated heterocycles. The first-order chi connectivity index (χ1) is 6.52. The molecule has 0 N–H and O–H groups in total. The van der Waals surface area contributed by atoms with Crippen molar-refractivity contribution >= 4 is 5.78 Å². The second kappa shape index (κ2) is 4.92. The van der Waals surface area contributed by atoms with Gasteiger partial charge in [0.15, 0.2) is 0 Å². The molecule has 0 aromatic heterocycles. The average molecular weight is 198 g/mol. The first-order valence-electron chi connectivity index (χ1n) is 5.61. The summed E-state index contributed by atoms with van der Waals surface area (Å²) in [5.74, 6) is 1.09. The van der Waals surface area contributed by atoms with Gasteiger partial charge in [-0.05, 0) is 38.5 Å². The lowest BCUT2D eigenvalue weighted by Crippen LogP contribution is -2.24. The minimum Gasteiger partial charge on any atom is -0.381 e. The van der Waals surface area contributed by atoms with Gasteiger partial charge in [0, 0.05) is 18.6 Å². The molecule has 2 nitrogen and oxygen atoms in total. The number of Topliss-reactive ketones (excluding diaryl/α,β-unsaturated/α-hetero) is 1. The second-order valence-electron chi connectivity index (χ2n) is 5.03. The van der Waals surface area contributed by atoms with Crippen molar-refractivity contribution in [1.29, 1.82) is 0 Å². The molecule has 0 bridgehead atoms. The van der Waals surface area contributed by atoms with Crippen LogP contribution in [-0.4, -0.2) is 19.0 Å². The van der Waals surface area contributed by atoms with Gasteiger partial charge in [-0.1, -0.05) is 13.8 Å². The maximum absolute atomic E-state index is 11.3. The zero-order valence-electron chi connectivity index (χ0n) is 9.64. The SMILES string of the molecule is CC(=O)C(C)(C)CCC1CCOCC1. The van der Waals surface area contributed by atoms with Crippen molar-refractivity contribution in [2.75, 3.05) is 13.2 Å². The summed E-state index contributed by atoms with van der Waals surface area (Å²) in [6.45, 7) is 7.61. The summed E-state index contributed by atoms with van der Waals surface area (Å²) in [6, 6.07) is 0. The molecule has 0 unspecified atom stereocenters. The highest BCUT2D eigenvalue weighted by atomic mass is 16.5. The molecule has 82 valence electrons. The summed E-state index contributed by atoms with van der Waals surface area (Å²) in [6.07, 6.45) is 4.55. The van der Waals surface area contributed by atoms with Crippen molar-refractivity contribution in [3.05, 3.63) is 0 Å². The highest BCUT2D eigenvalue weighted by molar-refractivity contribution is 5.81. The molecule has 0 aliphatic carbocycles. The standard InChI is InChI=1S/C12H22O2/c1-10(13)12(2,3)7-4-11-5-8-14-9-6-11/h11H,4-9H2,1-3H3. The van der Waals surface area contributed by atoms with E-state index in [-0.39, 0.29) is 5.41 Å². The maximum Gasteiger partial charge on any atom is 0.135 e. The van der Waals surface area contributed by atoms with Gasteiger partial charge < -0.3 is 4.74 Å². The molecular formula is C12H22O2. The third-order valence-corrected chi connectivity index (χ3v) is 3.47. The van der Waals surface area contributed by atoms with Gasteiger partial charge in [0.05, 0.1) is 0 Å². The third kappa shape index (κ3) is 3.41. The fourth-order valence-electron chi connectivity index (χ4n) is 1.78. The molecular weight excluding hydrogens is 176 g/mol. The Morgan fingerprint density at radius 1 is 1.36 bits per heavy atom. The predicted molar refractivity (Wildman–Crippen MR) is 57.2 cm³/mol. The van der Waals surface area contributed by atoms with E-state index in [4.69, 9.17) is 4.74 Å². The minimum absolute atomic E-state index is 0.127. The average Bonchev–Trinajstić information content (AvgIpc) is 2.16. The molecule has 0 radical (unpaired) electrons. The van der Waals surface area contributed by atoms with Crippen molar-refractivity contribution in [2.45, 2.75) is 46.5 Å². The van der Waals surface area contributed by atoms with E-state index in [1.54, 1.807) is 6.92 Å². The van der Waals surface area contributed by atoms with Crippen molar-refractivity contribution < 1.29 is 9.53 Å². The molecule has 0 aromatic rings.